The van der Waals surface area contributed by atoms with Gasteiger partial charge in [0.1, 0.15) is 0 Å². The molecule has 3 aromatic carbocycles. The molecule has 0 bridgehead atoms. The number of carbonyl (C=O) groups excluding carboxylic acids is 1. The van der Waals surface area contributed by atoms with E-state index < -0.39 is 0 Å². The summed E-state index contributed by atoms with van der Waals surface area (Å²) in [7, 11) is 0. The Kier molecular flexibility index (Phi) is 7.61. The van der Waals surface area contributed by atoms with Crippen LogP contribution in [0.1, 0.15) is 17.5 Å². The molecule has 0 aromatic heterocycles. The Morgan fingerprint density at radius 3 is 2.29 bits per heavy atom. The third kappa shape index (κ3) is 6.02. The zero-order valence-electron chi connectivity index (χ0n) is 19.7. The van der Waals surface area contributed by atoms with E-state index in [9.17, 15) is 4.79 Å². The number of aryl methyl sites for hydroxylation is 1. The van der Waals surface area contributed by atoms with Crippen LogP contribution in [0.4, 0.5) is 11.4 Å². The smallest absolute Gasteiger partial charge is 0.266 e. The summed E-state index contributed by atoms with van der Waals surface area (Å²) >= 11 is 1.46. The van der Waals surface area contributed by atoms with Gasteiger partial charge < -0.3 is 9.64 Å². The Hall–Kier alpha value is -3.35. The van der Waals surface area contributed by atoms with Crippen molar-refractivity contribution in [2.45, 2.75) is 12.8 Å². The minimum absolute atomic E-state index is 0.0231. The molecular formula is C29H29N3O2S. The summed E-state index contributed by atoms with van der Waals surface area (Å²) in [6.07, 6.45) is 3.79. The molecule has 178 valence electrons. The second-order valence-corrected chi connectivity index (χ2v) is 9.59. The van der Waals surface area contributed by atoms with Crippen molar-refractivity contribution in [2.24, 2.45) is 4.99 Å². The van der Waals surface area contributed by atoms with E-state index in [0.29, 0.717) is 11.4 Å². The molecule has 0 N–H and O–H groups in total. The number of ether oxygens (including phenoxy) is 1. The largest absolute Gasteiger partial charge is 0.378 e. The van der Waals surface area contributed by atoms with Crippen molar-refractivity contribution >= 4 is 40.3 Å². The molecule has 5 nitrogen and oxygen atoms in total. The number of amides is 1. The summed E-state index contributed by atoms with van der Waals surface area (Å²) in [5.41, 5.74) is 4.34. The van der Waals surface area contributed by atoms with Gasteiger partial charge in [-0.2, -0.15) is 0 Å². The molecule has 2 aliphatic heterocycles. The fraction of sp³-hybridized carbons (Fsp3) is 0.241. The molecule has 2 aliphatic rings. The second-order valence-electron chi connectivity index (χ2n) is 8.58. The maximum absolute atomic E-state index is 13.4. The van der Waals surface area contributed by atoms with E-state index in [1.54, 1.807) is 0 Å². The lowest BCUT2D eigenvalue weighted by Crippen LogP contribution is -2.36. The fourth-order valence-electron chi connectivity index (χ4n) is 4.24. The maximum Gasteiger partial charge on any atom is 0.266 e. The van der Waals surface area contributed by atoms with Crippen molar-refractivity contribution < 1.29 is 9.53 Å². The number of carbonyl (C=O) groups is 1. The Bertz CT molecular complexity index is 1190. The minimum atomic E-state index is 0.0231. The van der Waals surface area contributed by atoms with Crippen molar-refractivity contribution in [1.82, 2.24) is 4.90 Å². The molecule has 0 spiro atoms. The van der Waals surface area contributed by atoms with E-state index in [1.807, 2.05) is 47.4 Å². The summed E-state index contributed by atoms with van der Waals surface area (Å²) in [6, 6.07) is 28.6. The normalized spacial score (nSPS) is 18.6. The first-order valence-electron chi connectivity index (χ1n) is 12.1. The zero-order valence-corrected chi connectivity index (χ0v) is 20.5. The highest BCUT2D eigenvalue weighted by atomic mass is 32.2. The van der Waals surface area contributed by atoms with E-state index in [2.05, 4.69) is 53.4 Å². The number of benzene rings is 3. The molecule has 2 fully saturated rings. The molecule has 0 saturated carbocycles. The van der Waals surface area contributed by atoms with Crippen molar-refractivity contribution in [3.8, 4) is 0 Å². The molecule has 6 heteroatoms. The Balaban J connectivity index is 1.33. The number of amidine groups is 1. The predicted molar refractivity (Wildman–Crippen MR) is 145 cm³/mol. The summed E-state index contributed by atoms with van der Waals surface area (Å²) in [4.78, 5) is 23.1. The first kappa shape index (κ1) is 23.4. The average Bonchev–Trinajstić information content (AvgIpc) is 3.20. The van der Waals surface area contributed by atoms with Gasteiger partial charge in [0.15, 0.2) is 5.17 Å². The zero-order chi connectivity index (χ0) is 23.9. The molecule has 2 heterocycles. The van der Waals surface area contributed by atoms with E-state index in [1.165, 1.54) is 23.0 Å². The average molecular weight is 484 g/mol. The van der Waals surface area contributed by atoms with Gasteiger partial charge in [-0.05, 0) is 66.1 Å². The lowest BCUT2D eigenvalue weighted by Gasteiger charge is -2.28. The van der Waals surface area contributed by atoms with Crippen LogP contribution in [0.5, 0.6) is 0 Å². The Morgan fingerprint density at radius 1 is 0.886 bits per heavy atom. The van der Waals surface area contributed by atoms with Crippen LogP contribution in [0.2, 0.25) is 0 Å². The molecule has 1 amide bonds. The van der Waals surface area contributed by atoms with E-state index >= 15 is 0 Å². The van der Waals surface area contributed by atoms with Crippen LogP contribution in [0.3, 0.4) is 0 Å². The number of hydrogen-bond acceptors (Lipinski definition) is 5. The van der Waals surface area contributed by atoms with Crippen LogP contribution in [0.25, 0.3) is 6.08 Å². The maximum atomic E-state index is 13.4. The summed E-state index contributed by atoms with van der Waals surface area (Å²) in [5, 5.41) is 0.741. The van der Waals surface area contributed by atoms with Gasteiger partial charge in [-0.3, -0.25) is 9.69 Å². The van der Waals surface area contributed by atoms with Gasteiger partial charge >= 0.3 is 0 Å². The minimum Gasteiger partial charge on any atom is -0.378 e. The Morgan fingerprint density at radius 2 is 1.57 bits per heavy atom. The standard InChI is InChI=1S/C29H29N3O2S/c33-28-27(22-24-13-15-26(16-14-24)31-18-20-34-21-19-31)35-29(30-25-11-5-2-6-12-25)32(28)17-7-10-23-8-3-1-4-9-23/h1-6,8-9,11-16,22H,7,10,17-21H2/b27-22-,30-29?. The van der Waals surface area contributed by atoms with Crippen LogP contribution < -0.4 is 4.90 Å². The number of morpholine rings is 1. The third-order valence-corrected chi connectivity index (χ3v) is 7.13. The molecule has 0 aliphatic carbocycles. The summed E-state index contributed by atoms with van der Waals surface area (Å²) < 4.78 is 5.45. The lowest BCUT2D eigenvalue weighted by molar-refractivity contribution is -0.122. The van der Waals surface area contributed by atoms with Gasteiger partial charge in [0.05, 0.1) is 23.8 Å². The summed E-state index contributed by atoms with van der Waals surface area (Å²) in [6.45, 7) is 3.99. The first-order chi connectivity index (χ1) is 17.3. The number of aliphatic imine (C=N–C) groups is 1. The van der Waals surface area contributed by atoms with Crippen molar-refractivity contribution in [3.63, 3.8) is 0 Å². The first-order valence-corrected chi connectivity index (χ1v) is 12.9. The predicted octanol–water partition coefficient (Wildman–Crippen LogP) is 5.76. The van der Waals surface area contributed by atoms with Gasteiger partial charge in [-0.1, -0.05) is 60.7 Å². The van der Waals surface area contributed by atoms with Crippen molar-refractivity contribution in [2.75, 3.05) is 37.7 Å². The topological polar surface area (TPSA) is 45.1 Å². The number of nitrogens with zero attached hydrogens (tertiary/aromatic N) is 3. The van der Waals surface area contributed by atoms with Crippen LogP contribution in [0.15, 0.2) is 94.8 Å². The molecule has 0 radical (unpaired) electrons. The fourth-order valence-corrected chi connectivity index (χ4v) is 5.27. The SMILES string of the molecule is O=C1/C(=C/c2ccc(N3CCOCC3)cc2)SC(=Nc2ccccc2)N1CCCc1ccccc1. The lowest BCUT2D eigenvalue weighted by atomic mass is 10.1. The van der Waals surface area contributed by atoms with Crippen LogP contribution in [0, 0.1) is 0 Å². The Labute approximate surface area is 211 Å². The molecule has 0 atom stereocenters. The molecular weight excluding hydrogens is 454 g/mol. The van der Waals surface area contributed by atoms with E-state index in [-0.39, 0.29) is 5.91 Å². The number of rotatable bonds is 7. The second kappa shape index (κ2) is 11.4. The number of anilines is 1. The highest BCUT2D eigenvalue weighted by Gasteiger charge is 2.33. The quantitative estimate of drug-likeness (QED) is 0.401. The molecule has 35 heavy (non-hydrogen) atoms. The highest BCUT2D eigenvalue weighted by Crippen LogP contribution is 2.34. The van der Waals surface area contributed by atoms with Gasteiger partial charge in [-0.25, -0.2) is 4.99 Å². The summed E-state index contributed by atoms with van der Waals surface area (Å²) in [5.74, 6) is 0.0231. The number of thioether (sulfide) groups is 1. The number of para-hydroxylation sites is 1. The van der Waals surface area contributed by atoms with E-state index in [4.69, 9.17) is 9.73 Å². The van der Waals surface area contributed by atoms with E-state index in [0.717, 1.165) is 55.6 Å². The van der Waals surface area contributed by atoms with Crippen LogP contribution >= 0.6 is 11.8 Å². The monoisotopic (exact) mass is 483 g/mol. The third-order valence-electron chi connectivity index (χ3n) is 6.13. The molecule has 3 aromatic rings. The van der Waals surface area contributed by atoms with Crippen LogP contribution in [-0.4, -0.2) is 48.8 Å². The number of hydrogen-bond donors (Lipinski definition) is 0. The van der Waals surface area contributed by atoms with Crippen molar-refractivity contribution in [1.29, 1.82) is 0 Å². The molecule has 2 saturated heterocycles. The highest BCUT2D eigenvalue weighted by molar-refractivity contribution is 8.18. The van der Waals surface area contributed by atoms with Crippen LogP contribution in [-0.2, 0) is 16.0 Å². The van der Waals surface area contributed by atoms with Gasteiger partial charge in [0.2, 0.25) is 0 Å². The molecule has 0 unspecified atom stereocenters. The van der Waals surface area contributed by atoms with Gasteiger partial charge in [0, 0.05) is 25.3 Å². The van der Waals surface area contributed by atoms with Crippen molar-refractivity contribution in [3.05, 3.63) is 101 Å². The van der Waals surface area contributed by atoms with Gasteiger partial charge in [0.25, 0.3) is 5.91 Å². The molecule has 5 rings (SSSR count). The van der Waals surface area contributed by atoms with Gasteiger partial charge in [-0.15, -0.1) is 0 Å².